The highest BCUT2D eigenvalue weighted by molar-refractivity contribution is 4.97. The van der Waals surface area contributed by atoms with Crippen molar-refractivity contribution in [3.63, 3.8) is 0 Å². The van der Waals surface area contributed by atoms with Gasteiger partial charge in [0, 0.05) is 37.3 Å². The second-order valence-corrected chi connectivity index (χ2v) is 5.67. The Morgan fingerprint density at radius 1 is 1.27 bits per heavy atom. The first kappa shape index (κ1) is 10.1. The highest BCUT2D eigenvalue weighted by atomic mass is 16.5. The first-order valence-corrected chi connectivity index (χ1v) is 6.35. The number of nitrogens with one attached hydrogen (secondary N) is 1. The molecule has 15 heavy (non-hydrogen) atoms. The highest BCUT2D eigenvalue weighted by Crippen LogP contribution is 2.30. The Labute approximate surface area is 92.2 Å². The van der Waals surface area contributed by atoms with Crippen LogP contribution in [0.25, 0.3) is 0 Å². The summed E-state index contributed by atoms with van der Waals surface area (Å²) in [7, 11) is 0. The van der Waals surface area contributed by atoms with Gasteiger partial charge in [-0.3, -0.25) is 4.90 Å². The van der Waals surface area contributed by atoms with Gasteiger partial charge in [-0.25, -0.2) is 0 Å². The molecule has 2 aliphatic heterocycles. The summed E-state index contributed by atoms with van der Waals surface area (Å²) in [6.07, 6.45) is 5.34. The molecule has 0 aromatic carbocycles. The van der Waals surface area contributed by atoms with E-state index < -0.39 is 0 Å². The molecular formula is C12H22N2O. The minimum Gasteiger partial charge on any atom is -0.379 e. The van der Waals surface area contributed by atoms with Gasteiger partial charge in [0.2, 0.25) is 0 Å². The summed E-state index contributed by atoms with van der Waals surface area (Å²) in [6, 6.07) is 1.59. The lowest BCUT2D eigenvalue weighted by atomic mass is 10.00. The maximum atomic E-state index is 5.54. The molecule has 0 radical (unpaired) electrons. The van der Waals surface area contributed by atoms with Crippen molar-refractivity contribution in [1.29, 1.82) is 0 Å². The Morgan fingerprint density at radius 2 is 2.13 bits per heavy atom. The van der Waals surface area contributed by atoms with E-state index in [4.69, 9.17) is 4.74 Å². The number of hydrogen-bond donors (Lipinski definition) is 1. The second-order valence-electron chi connectivity index (χ2n) is 5.67. The standard InChI is InChI=1S/C12H22N2O/c1-12(5-7-15-9-12)14-6-4-11(8-14)13-10-2-3-10/h10-11,13H,2-9H2,1H3. The van der Waals surface area contributed by atoms with Crippen molar-refractivity contribution >= 4 is 0 Å². The van der Waals surface area contributed by atoms with E-state index in [2.05, 4.69) is 17.1 Å². The molecule has 3 rings (SSSR count). The molecular weight excluding hydrogens is 188 g/mol. The van der Waals surface area contributed by atoms with Gasteiger partial charge in [-0.1, -0.05) is 0 Å². The molecule has 0 aromatic heterocycles. The van der Waals surface area contributed by atoms with E-state index in [-0.39, 0.29) is 0 Å². The molecule has 1 N–H and O–H groups in total. The summed E-state index contributed by atoms with van der Waals surface area (Å²) in [5.41, 5.74) is 0.333. The van der Waals surface area contributed by atoms with Gasteiger partial charge in [0.15, 0.2) is 0 Å². The molecule has 2 unspecified atom stereocenters. The third-order valence-electron chi connectivity index (χ3n) is 4.20. The summed E-state index contributed by atoms with van der Waals surface area (Å²) < 4.78 is 5.54. The maximum absolute atomic E-state index is 5.54. The SMILES string of the molecule is CC1(N2CCC(NC3CC3)C2)CCOC1. The van der Waals surface area contributed by atoms with Crippen LogP contribution in [0.5, 0.6) is 0 Å². The summed E-state index contributed by atoms with van der Waals surface area (Å²) in [4.78, 5) is 2.64. The second kappa shape index (κ2) is 3.72. The Kier molecular flexibility index (Phi) is 2.49. The van der Waals surface area contributed by atoms with Crippen molar-refractivity contribution in [3.8, 4) is 0 Å². The fourth-order valence-electron chi connectivity index (χ4n) is 2.88. The third kappa shape index (κ3) is 2.05. The van der Waals surface area contributed by atoms with Gasteiger partial charge in [-0.05, 0) is 32.6 Å². The van der Waals surface area contributed by atoms with Crippen LogP contribution in [0.1, 0.15) is 32.6 Å². The topological polar surface area (TPSA) is 24.5 Å². The van der Waals surface area contributed by atoms with E-state index in [0.29, 0.717) is 5.54 Å². The van der Waals surface area contributed by atoms with Crippen LogP contribution in [0, 0.1) is 0 Å². The van der Waals surface area contributed by atoms with Crippen molar-refractivity contribution < 1.29 is 4.74 Å². The van der Waals surface area contributed by atoms with E-state index in [1.807, 2.05) is 0 Å². The molecule has 3 fully saturated rings. The molecule has 0 bridgehead atoms. The normalized spacial score (nSPS) is 42.6. The predicted octanol–water partition coefficient (Wildman–Crippen LogP) is 0.992. The van der Waals surface area contributed by atoms with Crippen LogP contribution in [-0.2, 0) is 4.74 Å². The van der Waals surface area contributed by atoms with Gasteiger partial charge in [-0.15, -0.1) is 0 Å². The number of ether oxygens (including phenoxy) is 1. The number of likely N-dealkylation sites (tertiary alicyclic amines) is 1. The quantitative estimate of drug-likeness (QED) is 0.752. The summed E-state index contributed by atoms with van der Waals surface area (Å²) in [6.45, 7) is 6.73. The first-order chi connectivity index (χ1) is 7.26. The van der Waals surface area contributed by atoms with Crippen LogP contribution >= 0.6 is 0 Å². The zero-order valence-electron chi connectivity index (χ0n) is 9.67. The number of rotatable bonds is 3. The van der Waals surface area contributed by atoms with Gasteiger partial charge in [-0.2, -0.15) is 0 Å². The zero-order valence-corrected chi connectivity index (χ0v) is 9.67. The van der Waals surface area contributed by atoms with Gasteiger partial charge >= 0.3 is 0 Å². The Morgan fingerprint density at radius 3 is 2.80 bits per heavy atom. The van der Waals surface area contributed by atoms with Crippen molar-refractivity contribution in [3.05, 3.63) is 0 Å². The lowest BCUT2D eigenvalue weighted by Crippen LogP contribution is -2.47. The largest absolute Gasteiger partial charge is 0.379 e. The molecule has 2 atom stereocenters. The van der Waals surface area contributed by atoms with Crippen LogP contribution in [0.15, 0.2) is 0 Å². The summed E-state index contributed by atoms with van der Waals surface area (Å²) in [5.74, 6) is 0. The van der Waals surface area contributed by atoms with Crippen molar-refractivity contribution in [2.75, 3.05) is 26.3 Å². The third-order valence-corrected chi connectivity index (χ3v) is 4.20. The van der Waals surface area contributed by atoms with E-state index >= 15 is 0 Å². The van der Waals surface area contributed by atoms with Crippen LogP contribution in [-0.4, -0.2) is 48.8 Å². The van der Waals surface area contributed by atoms with E-state index in [9.17, 15) is 0 Å². The predicted molar refractivity (Wildman–Crippen MR) is 60.0 cm³/mol. The first-order valence-electron chi connectivity index (χ1n) is 6.35. The van der Waals surface area contributed by atoms with Gasteiger partial charge < -0.3 is 10.1 Å². The maximum Gasteiger partial charge on any atom is 0.0648 e. The van der Waals surface area contributed by atoms with Crippen molar-refractivity contribution in [1.82, 2.24) is 10.2 Å². The van der Waals surface area contributed by atoms with E-state index in [0.717, 1.165) is 25.3 Å². The summed E-state index contributed by atoms with van der Waals surface area (Å²) >= 11 is 0. The van der Waals surface area contributed by atoms with E-state index in [1.165, 1.54) is 38.8 Å². The molecule has 1 aliphatic carbocycles. The molecule has 2 saturated heterocycles. The van der Waals surface area contributed by atoms with Crippen molar-refractivity contribution in [2.24, 2.45) is 0 Å². The minimum absolute atomic E-state index is 0.333. The molecule has 1 saturated carbocycles. The highest BCUT2D eigenvalue weighted by Gasteiger charge is 2.40. The molecule has 3 heteroatoms. The molecule has 86 valence electrons. The lowest BCUT2D eigenvalue weighted by molar-refractivity contribution is 0.0981. The van der Waals surface area contributed by atoms with E-state index in [1.54, 1.807) is 0 Å². The summed E-state index contributed by atoms with van der Waals surface area (Å²) in [5, 5.41) is 3.74. The number of nitrogens with zero attached hydrogens (tertiary/aromatic N) is 1. The molecule has 2 heterocycles. The molecule has 0 aromatic rings. The van der Waals surface area contributed by atoms with Gasteiger partial charge in [0.05, 0.1) is 6.61 Å². The van der Waals surface area contributed by atoms with Crippen LogP contribution < -0.4 is 5.32 Å². The van der Waals surface area contributed by atoms with Crippen LogP contribution in [0.2, 0.25) is 0 Å². The molecule has 3 nitrogen and oxygen atoms in total. The minimum atomic E-state index is 0.333. The van der Waals surface area contributed by atoms with Crippen LogP contribution in [0.3, 0.4) is 0 Å². The van der Waals surface area contributed by atoms with Gasteiger partial charge in [0.25, 0.3) is 0 Å². The fourth-order valence-corrected chi connectivity index (χ4v) is 2.88. The molecule has 0 spiro atoms. The smallest absolute Gasteiger partial charge is 0.0648 e. The number of hydrogen-bond acceptors (Lipinski definition) is 3. The zero-order chi connectivity index (χ0) is 10.3. The Bertz CT molecular complexity index is 234. The fraction of sp³-hybridized carbons (Fsp3) is 1.00. The van der Waals surface area contributed by atoms with Crippen LogP contribution in [0.4, 0.5) is 0 Å². The Hall–Kier alpha value is -0.120. The monoisotopic (exact) mass is 210 g/mol. The van der Waals surface area contributed by atoms with Gasteiger partial charge in [0.1, 0.15) is 0 Å². The average molecular weight is 210 g/mol. The van der Waals surface area contributed by atoms with Crippen molar-refractivity contribution in [2.45, 2.75) is 50.2 Å². The lowest BCUT2D eigenvalue weighted by Gasteiger charge is -2.33. The molecule has 0 amide bonds. The molecule has 3 aliphatic rings. The Balaban J connectivity index is 1.55. The average Bonchev–Trinajstić information content (AvgIpc) is 2.73.